The number of nitrogens with two attached hydrogens (primary N) is 1. The molecule has 0 saturated carbocycles. The van der Waals surface area contributed by atoms with E-state index in [9.17, 15) is 19.5 Å². The molecule has 258 valence electrons. The van der Waals surface area contributed by atoms with Crippen LogP contribution in [0.15, 0.2) is 72.8 Å². The summed E-state index contributed by atoms with van der Waals surface area (Å²) in [5, 5.41) is 17.9. The van der Waals surface area contributed by atoms with Gasteiger partial charge < -0.3 is 30.7 Å². The molecule has 0 bridgehead atoms. The molecule has 11 heteroatoms. The predicted molar refractivity (Wildman–Crippen MR) is 190 cm³/mol. The quantitative estimate of drug-likeness (QED) is 0.153. The second kappa shape index (κ2) is 16.3. The van der Waals surface area contributed by atoms with Crippen molar-refractivity contribution < 1.29 is 24.2 Å². The molecule has 1 aliphatic heterocycles. The first-order valence-corrected chi connectivity index (χ1v) is 17.0. The number of benzene rings is 3. The van der Waals surface area contributed by atoms with Crippen molar-refractivity contribution in [1.82, 2.24) is 19.6 Å². The van der Waals surface area contributed by atoms with Crippen LogP contribution in [-0.4, -0.2) is 74.8 Å². The van der Waals surface area contributed by atoms with E-state index in [1.54, 1.807) is 58.1 Å². The number of aromatic nitrogens is 2. The molecule has 5 rings (SSSR count). The minimum Gasteiger partial charge on any atom is -0.484 e. The van der Waals surface area contributed by atoms with Crippen LogP contribution >= 0.6 is 0 Å². The van der Waals surface area contributed by atoms with Gasteiger partial charge in [0.05, 0.1) is 23.9 Å². The van der Waals surface area contributed by atoms with Crippen LogP contribution in [0.25, 0.3) is 5.69 Å². The Morgan fingerprint density at radius 2 is 1.67 bits per heavy atom. The van der Waals surface area contributed by atoms with Gasteiger partial charge in [-0.2, -0.15) is 5.10 Å². The number of nitrogens with one attached hydrogen (secondary N) is 1. The third-order valence-electron chi connectivity index (χ3n) is 8.77. The van der Waals surface area contributed by atoms with Gasteiger partial charge in [-0.05, 0) is 85.8 Å². The number of unbranched alkanes of at least 4 members (excludes halogenated alkanes) is 2. The van der Waals surface area contributed by atoms with Gasteiger partial charge >= 0.3 is 0 Å². The Kier molecular flexibility index (Phi) is 11.7. The zero-order chi connectivity index (χ0) is 34.9. The number of hydrogen-bond donors (Lipinski definition) is 3. The smallest absolute Gasteiger partial charge is 0.274 e. The largest absolute Gasteiger partial charge is 0.484 e. The van der Waals surface area contributed by atoms with E-state index in [1.807, 2.05) is 36.1 Å². The Bertz CT molecular complexity index is 1760. The van der Waals surface area contributed by atoms with Crippen LogP contribution in [0.1, 0.15) is 77.2 Å². The monoisotopic (exact) mass is 666 g/mol. The van der Waals surface area contributed by atoms with Crippen molar-refractivity contribution in [3.63, 3.8) is 0 Å². The summed E-state index contributed by atoms with van der Waals surface area (Å²) in [4.78, 5) is 44.6. The molecule has 2 heterocycles. The fraction of sp³-hybridized carbons (Fsp3) is 0.368. The minimum absolute atomic E-state index is 0.144. The Labute approximate surface area is 287 Å². The molecule has 4 aromatic rings. The van der Waals surface area contributed by atoms with Gasteiger partial charge in [0.2, 0.25) is 0 Å². The summed E-state index contributed by atoms with van der Waals surface area (Å²) in [5.74, 6) is -0.383. The van der Waals surface area contributed by atoms with E-state index in [4.69, 9.17) is 15.6 Å². The van der Waals surface area contributed by atoms with Crippen molar-refractivity contribution in [3.05, 3.63) is 101 Å². The molecule has 0 fully saturated rings. The van der Waals surface area contributed by atoms with Crippen molar-refractivity contribution in [2.24, 2.45) is 0 Å². The number of ether oxygens (including phenoxy) is 1. The second-order valence-electron chi connectivity index (χ2n) is 12.5. The van der Waals surface area contributed by atoms with Crippen molar-refractivity contribution in [2.45, 2.75) is 65.5 Å². The molecule has 1 atom stereocenters. The lowest BCUT2D eigenvalue weighted by atomic mass is 9.93. The number of aliphatic hydroxyl groups is 1. The molecule has 0 radical (unpaired) electrons. The Morgan fingerprint density at radius 3 is 2.35 bits per heavy atom. The van der Waals surface area contributed by atoms with E-state index in [2.05, 4.69) is 19.2 Å². The number of carbonyl (C=O) groups is 3. The molecule has 1 aromatic heterocycles. The standard InChI is InChI=1S/C38H46N6O5/c1-4-6-18-42(19-7-5-2)38(48)34-20-26(3)44(41-34)35-17-14-30(40-36(46)25-49-32-15-12-29(39)13-16-32)22-33(35)37(47)43-23-28-11-9-8-10-27(28)21-31(43)24-45/h8-17,20,22,31,45H,4-7,18-19,21,23-25,39H2,1-3H3,(H,40,46). The van der Waals surface area contributed by atoms with Gasteiger partial charge in [0.15, 0.2) is 12.3 Å². The zero-order valence-corrected chi connectivity index (χ0v) is 28.5. The van der Waals surface area contributed by atoms with Crippen LogP contribution < -0.4 is 15.8 Å². The Balaban J connectivity index is 1.48. The van der Waals surface area contributed by atoms with E-state index in [1.165, 1.54) is 0 Å². The molecule has 11 nitrogen and oxygen atoms in total. The molecule has 49 heavy (non-hydrogen) atoms. The fourth-order valence-electron chi connectivity index (χ4n) is 6.02. The van der Waals surface area contributed by atoms with E-state index in [0.29, 0.717) is 60.3 Å². The number of aryl methyl sites for hydroxylation is 1. The number of amides is 3. The number of aliphatic hydroxyl groups excluding tert-OH is 1. The molecular weight excluding hydrogens is 620 g/mol. The molecule has 0 spiro atoms. The van der Waals surface area contributed by atoms with Crippen LogP contribution in [0.3, 0.4) is 0 Å². The number of rotatable bonds is 14. The molecule has 1 aliphatic rings. The highest BCUT2D eigenvalue weighted by Gasteiger charge is 2.32. The van der Waals surface area contributed by atoms with Crippen molar-refractivity contribution in [1.29, 1.82) is 0 Å². The SMILES string of the molecule is CCCCN(CCCC)C(=O)c1cc(C)n(-c2ccc(NC(=O)COc3ccc(N)cc3)cc2C(=O)N2Cc3ccccc3CC2CO)n1. The summed E-state index contributed by atoms with van der Waals surface area (Å²) in [6.45, 7) is 7.21. The molecule has 0 saturated heterocycles. The van der Waals surface area contributed by atoms with Crippen LogP contribution in [0, 0.1) is 6.92 Å². The average molecular weight is 667 g/mol. The van der Waals surface area contributed by atoms with E-state index < -0.39 is 11.9 Å². The predicted octanol–water partition coefficient (Wildman–Crippen LogP) is 5.38. The number of carbonyl (C=O) groups excluding carboxylic acids is 3. The van der Waals surface area contributed by atoms with Crippen molar-refractivity contribution in [3.8, 4) is 11.4 Å². The maximum Gasteiger partial charge on any atom is 0.274 e. The average Bonchev–Trinajstić information content (AvgIpc) is 3.51. The third kappa shape index (κ3) is 8.47. The van der Waals surface area contributed by atoms with Gasteiger partial charge in [0, 0.05) is 36.7 Å². The Hall–Kier alpha value is -5.16. The molecule has 3 amide bonds. The summed E-state index contributed by atoms with van der Waals surface area (Å²) in [6.07, 6.45) is 4.26. The first-order valence-electron chi connectivity index (χ1n) is 17.0. The normalized spacial score (nSPS) is 13.9. The van der Waals surface area contributed by atoms with Crippen LogP contribution in [-0.2, 0) is 17.8 Å². The van der Waals surface area contributed by atoms with Gasteiger partial charge in [0.1, 0.15) is 5.75 Å². The number of nitrogens with zero attached hydrogens (tertiary/aromatic N) is 4. The first kappa shape index (κ1) is 35.2. The highest BCUT2D eigenvalue weighted by molar-refractivity contribution is 6.01. The summed E-state index contributed by atoms with van der Waals surface area (Å²) in [7, 11) is 0. The van der Waals surface area contributed by atoms with E-state index in [-0.39, 0.29) is 30.6 Å². The molecule has 3 aromatic carbocycles. The maximum atomic E-state index is 14.5. The number of fused-ring (bicyclic) bond motifs is 1. The first-order chi connectivity index (χ1) is 23.7. The second-order valence-corrected chi connectivity index (χ2v) is 12.5. The summed E-state index contributed by atoms with van der Waals surface area (Å²) in [5.41, 5.74) is 10.5. The van der Waals surface area contributed by atoms with Gasteiger partial charge in [-0.25, -0.2) is 4.68 Å². The number of hydrogen-bond acceptors (Lipinski definition) is 7. The third-order valence-corrected chi connectivity index (χ3v) is 8.77. The van der Waals surface area contributed by atoms with Crippen LogP contribution in [0.5, 0.6) is 5.75 Å². The zero-order valence-electron chi connectivity index (χ0n) is 28.5. The van der Waals surface area contributed by atoms with Crippen molar-refractivity contribution in [2.75, 3.05) is 37.4 Å². The molecule has 1 unspecified atom stereocenters. The van der Waals surface area contributed by atoms with Crippen molar-refractivity contribution >= 4 is 29.1 Å². The number of nitrogen functional groups attached to an aromatic ring is 1. The topological polar surface area (TPSA) is 143 Å². The van der Waals surface area contributed by atoms with Crippen LogP contribution in [0.2, 0.25) is 0 Å². The van der Waals surface area contributed by atoms with Crippen LogP contribution in [0.4, 0.5) is 11.4 Å². The van der Waals surface area contributed by atoms with E-state index in [0.717, 1.165) is 36.8 Å². The fourth-order valence-corrected chi connectivity index (χ4v) is 6.02. The number of anilines is 2. The van der Waals surface area contributed by atoms with Gasteiger partial charge in [-0.3, -0.25) is 14.4 Å². The Morgan fingerprint density at radius 1 is 0.980 bits per heavy atom. The lowest BCUT2D eigenvalue weighted by Crippen LogP contribution is -2.46. The lowest BCUT2D eigenvalue weighted by molar-refractivity contribution is -0.118. The maximum absolute atomic E-state index is 14.5. The lowest BCUT2D eigenvalue weighted by Gasteiger charge is -2.36. The summed E-state index contributed by atoms with van der Waals surface area (Å²) >= 11 is 0. The minimum atomic E-state index is -0.441. The summed E-state index contributed by atoms with van der Waals surface area (Å²) < 4.78 is 7.22. The molecular formula is C38H46N6O5. The summed E-state index contributed by atoms with van der Waals surface area (Å²) in [6, 6.07) is 21.0. The van der Waals surface area contributed by atoms with Gasteiger partial charge in [-0.15, -0.1) is 0 Å². The highest BCUT2D eigenvalue weighted by Crippen LogP contribution is 2.29. The van der Waals surface area contributed by atoms with Gasteiger partial charge in [-0.1, -0.05) is 51.0 Å². The van der Waals surface area contributed by atoms with E-state index >= 15 is 0 Å². The molecule has 4 N–H and O–H groups in total. The highest BCUT2D eigenvalue weighted by atomic mass is 16.5. The molecule has 0 aliphatic carbocycles. The van der Waals surface area contributed by atoms with Gasteiger partial charge in [0.25, 0.3) is 17.7 Å².